The second-order valence-corrected chi connectivity index (χ2v) is 8.67. The van der Waals surface area contributed by atoms with Gasteiger partial charge >= 0.3 is 0 Å². The van der Waals surface area contributed by atoms with Crippen molar-refractivity contribution in [1.29, 1.82) is 0 Å². The maximum atomic E-state index is 3.68. The fraction of sp³-hybridized carbons (Fsp3) is 1.00. The molecule has 0 saturated carbocycles. The summed E-state index contributed by atoms with van der Waals surface area (Å²) in [6.07, 6.45) is 0. The molecule has 0 spiro atoms. The molecule has 2 heteroatoms. The van der Waals surface area contributed by atoms with Crippen LogP contribution in [-0.2, 0) is 0 Å². The van der Waals surface area contributed by atoms with Gasteiger partial charge in [0.1, 0.15) is 0 Å². The summed E-state index contributed by atoms with van der Waals surface area (Å²) in [6, 6.07) is 0. The van der Waals surface area contributed by atoms with E-state index in [0.717, 1.165) is 17.1 Å². The van der Waals surface area contributed by atoms with Gasteiger partial charge in [0.05, 0.1) is 5.37 Å². The van der Waals surface area contributed by atoms with Crippen LogP contribution in [-0.4, -0.2) is 17.2 Å². The molecule has 1 nitrogen and oxygen atoms in total. The first kappa shape index (κ1) is 11.8. The van der Waals surface area contributed by atoms with Crippen LogP contribution in [0.15, 0.2) is 0 Å². The molecule has 88 valence electrons. The highest BCUT2D eigenvalue weighted by Crippen LogP contribution is 2.58. The lowest BCUT2D eigenvalue weighted by Crippen LogP contribution is -2.50. The molecule has 2 rings (SSSR count). The van der Waals surface area contributed by atoms with Gasteiger partial charge in [-0.3, -0.25) is 0 Å². The van der Waals surface area contributed by atoms with E-state index in [1.165, 1.54) is 6.54 Å². The van der Waals surface area contributed by atoms with Crippen molar-refractivity contribution in [3.63, 3.8) is 0 Å². The number of piperidine rings is 1. The van der Waals surface area contributed by atoms with Gasteiger partial charge in [-0.15, -0.1) is 11.8 Å². The molecule has 2 aliphatic heterocycles. The molecule has 2 heterocycles. The summed E-state index contributed by atoms with van der Waals surface area (Å²) < 4.78 is 0. The summed E-state index contributed by atoms with van der Waals surface area (Å²) >= 11 is 2.19. The minimum absolute atomic E-state index is 0.428. The van der Waals surface area contributed by atoms with Crippen molar-refractivity contribution in [2.24, 2.45) is 22.7 Å². The molecule has 0 aliphatic carbocycles. The Morgan fingerprint density at radius 2 is 1.47 bits per heavy atom. The minimum Gasteiger partial charge on any atom is -0.304 e. The summed E-state index contributed by atoms with van der Waals surface area (Å²) in [4.78, 5) is 0. The smallest absolute Gasteiger partial charge is 0.0572 e. The second kappa shape index (κ2) is 3.40. The lowest BCUT2D eigenvalue weighted by atomic mass is 9.62. The summed E-state index contributed by atoms with van der Waals surface area (Å²) in [7, 11) is 0. The molecule has 4 atom stereocenters. The lowest BCUT2D eigenvalue weighted by molar-refractivity contribution is 0.0555. The summed E-state index contributed by atoms with van der Waals surface area (Å²) in [6.45, 7) is 15.7. The van der Waals surface area contributed by atoms with Crippen molar-refractivity contribution in [2.75, 3.05) is 6.54 Å². The Morgan fingerprint density at radius 3 is 1.87 bits per heavy atom. The quantitative estimate of drug-likeness (QED) is 0.681. The summed E-state index contributed by atoms with van der Waals surface area (Å²) in [5, 5.41) is 5.23. The first-order valence-electron chi connectivity index (χ1n) is 6.10. The molecule has 0 aromatic carbocycles. The third-order valence-electron chi connectivity index (χ3n) is 3.96. The average molecular weight is 227 g/mol. The lowest BCUT2D eigenvalue weighted by Gasteiger charge is -2.45. The van der Waals surface area contributed by atoms with Crippen LogP contribution in [0.5, 0.6) is 0 Å². The van der Waals surface area contributed by atoms with Gasteiger partial charge in [-0.05, 0) is 22.7 Å². The van der Waals surface area contributed by atoms with E-state index in [4.69, 9.17) is 0 Å². The molecular formula is C13H25NS. The van der Waals surface area contributed by atoms with Crippen LogP contribution in [0.25, 0.3) is 0 Å². The van der Waals surface area contributed by atoms with Gasteiger partial charge in [-0.2, -0.15) is 0 Å². The van der Waals surface area contributed by atoms with Crippen LogP contribution in [0.4, 0.5) is 0 Å². The van der Waals surface area contributed by atoms with Crippen molar-refractivity contribution in [1.82, 2.24) is 5.32 Å². The first-order chi connectivity index (χ1) is 6.71. The van der Waals surface area contributed by atoms with Crippen molar-refractivity contribution < 1.29 is 0 Å². The Bertz CT molecular complexity index is 222. The normalized spacial score (nSPS) is 41.2. The molecule has 1 N–H and O–H groups in total. The Labute approximate surface area is 98.8 Å². The monoisotopic (exact) mass is 227 g/mol. The average Bonchev–Trinajstić information content (AvgIpc) is 2.56. The van der Waals surface area contributed by atoms with Gasteiger partial charge in [-0.25, -0.2) is 0 Å². The molecule has 15 heavy (non-hydrogen) atoms. The maximum absolute atomic E-state index is 3.68. The van der Waals surface area contributed by atoms with Gasteiger partial charge in [0.15, 0.2) is 0 Å². The number of thioether (sulfide) groups is 1. The topological polar surface area (TPSA) is 12.0 Å². The van der Waals surface area contributed by atoms with Crippen LogP contribution >= 0.6 is 11.8 Å². The molecule has 2 aliphatic rings. The molecular weight excluding hydrogens is 202 g/mol. The SMILES string of the molecule is CC(C)(C)C1C2CNC(S2)C1C(C)(C)C. The zero-order valence-electron chi connectivity index (χ0n) is 10.9. The number of nitrogens with one attached hydrogen (secondary N) is 1. The molecule has 2 fully saturated rings. The van der Waals surface area contributed by atoms with Crippen LogP contribution in [0.2, 0.25) is 0 Å². The molecule has 4 unspecified atom stereocenters. The van der Waals surface area contributed by atoms with Crippen LogP contribution in [0, 0.1) is 22.7 Å². The largest absolute Gasteiger partial charge is 0.304 e. The van der Waals surface area contributed by atoms with E-state index in [1.54, 1.807) is 0 Å². The van der Waals surface area contributed by atoms with Gasteiger partial charge in [-0.1, -0.05) is 41.5 Å². The third-order valence-corrected chi connectivity index (χ3v) is 5.52. The molecule has 0 aromatic rings. The van der Waals surface area contributed by atoms with Gasteiger partial charge in [0, 0.05) is 11.8 Å². The fourth-order valence-corrected chi connectivity index (χ4v) is 5.70. The standard InChI is InChI=1S/C13H25NS/c1-12(2,3)9-8-7-14-11(15-8)10(9)13(4,5)6/h8-11,14H,7H2,1-6H3. The maximum Gasteiger partial charge on any atom is 0.0572 e. The molecule has 2 saturated heterocycles. The van der Waals surface area contributed by atoms with E-state index in [-0.39, 0.29) is 0 Å². The van der Waals surface area contributed by atoms with Crippen molar-refractivity contribution >= 4 is 11.8 Å². The predicted octanol–water partition coefficient (Wildman–Crippen LogP) is 3.36. The zero-order valence-corrected chi connectivity index (χ0v) is 11.7. The van der Waals surface area contributed by atoms with Gasteiger partial charge in [0.2, 0.25) is 0 Å². The predicted molar refractivity (Wildman–Crippen MR) is 69.1 cm³/mol. The summed E-state index contributed by atoms with van der Waals surface area (Å²) in [5.74, 6) is 1.69. The van der Waals surface area contributed by atoms with Crippen LogP contribution in [0.3, 0.4) is 0 Å². The third kappa shape index (κ3) is 1.95. The fourth-order valence-electron chi connectivity index (χ4n) is 3.45. The zero-order chi connectivity index (χ0) is 11.4. The van der Waals surface area contributed by atoms with E-state index < -0.39 is 0 Å². The summed E-state index contributed by atoms with van der Waals surface area (Å²) in [5.41, 5.74) is 0.879. The Hall–Kier alpha value is 0.310. The van der Waals surface area contributed by atoms with Crippen molar-refractivity contribution in [2.45, 2.75) is 52.2 Å². The van der Waals surface area contributed by atoms with Crippen molar-refractivity contribution in [3.8, 4) is 0 Å². The molecule has 0 radical (unpaired) electrons. The first-order valence-corrected chi connectivity index (χ1v) is 7.04. The van der Waals surface area contributed by atoms with Gasteiger partial charge in [0.25, 0.3) is 0 Å². The molecule has 0 aromatic heterocycles. The molecule has 2 bridgehead atoms. The second-order valence-electron chi connectivity index (χ2n) is 7.29. The Kier molecular flexibility index (Phi) is 2.67. The van der Waals surface area contributed by atoms with E-state index in [2.05, 4.69) is 58.6 Å². The Morgan fingerprint density at radius 1 is 0.933 bits per heavy atom. The number of hydrogen-bond acceptors (Lipinski definition) is 2. The van der Waals surface area contributed by atoms with E-state index in [9.17, 15) is 0 Å². The molecule has 0 amide bonds. The highest BCUT2D eigenvalue weighted by Gasteiger charge is 2.55. The van der Waals surface area contributed by atoms with E-state index in [0.29, 0.717) is 16.2 Å². The highest BCUT2D eigenvalue weighted by atomic mass is 32.2. The van der Waals surface area contributed by atoms with Crippen molar-refractivity contribution in [3.05, 3.63) is 0 Å². The van der Waals surface area contributed by atoms with E-state index in [1.807, 2.05) is 0 Å². The van der Waals surface area contributed by atoms with Crippen LogP contribution < -0.4 is 5.32 Å². The van der Waals surface area contributed by atoms with Crippen LogP contribution in [0.1, 0.15) is 41.5 Å². The highest BCUT2D eigenvalue weighted by molar-refractivity contribution is 8.01. The minimum atomic E-state index is 0.428. The number of hydrogen-bond donors (Lipinski definition) is 1. The Balaban J connectivity index is 2.28. The van der Waals surface area contributed by atoms with E-state index >= 15 is 0 Å². The number of fused-ring (bicyclic) bond motifs is 2. The number of rotatable bonds is 0. The van der Waals surface area contributed by atoms with Gasteiger partial charge < -0.3 is 5.32 Å².